The van der Waals surface area contributed by atoms with Crippen LogP contribution >= 0.6 is 0 Å². The number of carbonyl (C=O) groups excluding carboxylic acids is 1. The van der Waals surface area contributed by atoms with E-state index in [1.165, 1.54) is 27.2 Å². The number of nitrogens with zero attached hydrogens (tertiary/aromatic N) is 1. The fourth-order valence-electron chi connectivity index (χ4n) is 2.29. The lowest BCUT2D eigenvalue weighted by Gasteiger charge is -2.13. The van der Waals surface area contributed by atoms with Crippen LogP contribution in [0.1, 0.15) is 18.1 Å². The number of nitrogens with one attached hydrogen (secondary N) is 1. The predicted octanol–water partition coefficient (Wildman–Crippen LogP) is 2.83. The summed E-state index contributed by atoms with van der Waals surface area (Å²) in [7, 11) is 2.95. The molecule has 0 unspecified atom stereocenters. The number of hydrogen-bond donors (Lipinski definition) is 1. The monoisotopic (exact) mass is 360 g/mol. The minimum Gasteiger partial charge on any atom is -0.497 e. The van der Waals surface area contributed by atoms with Gasteiger partial charge in [0.25, 0.3) is 5.69 Å². The fraction of sp³-hybridized carbons (Fsp3) is 0.278. The van der Waals surface area contributed by atoms with E-state index in [2.05, 4.69) is 5.32 Å². The van der Waals surface area contributed by atoms with E-state index in [0.29, 0.717) is 29.4 Å². The van der Waals surface area contributed by atoms with Crippen molar-refractivity contribution in [2.24, 2.45) is 0 Å². The second-order valence-corrected chi connectivity index (χ2v) is 5.44. The van der Waals surface area contributed by atoms with E-state index >= 15 is 0 Å². The van der Waals surface area contributed by atoms with Gasteiger partial charge in [0.2, 0.25) is 5.91 Å². The summed E-state index contributed by atoms with van der Waals surface area (Å²) in [5.74, 6) is 1.20. The molecule has 0 heterocycles. The van der Waals surface area contributed by atoms with Crippen molar-refractivity contribution < 1.29 is 23.9 Å². The highest BCUT2D eigenvalue weighted by Crippen LogP contribution is 2.31. The Balaban J connectivity index is 2.16. The highest BCUT2D eigenvalue weighted by atomic mass is 16.6. The third-order valence-corrected chi connectivity index (χ3v) is 3.64. The quantitative estimate of drug-likeness (QED) is 0.574. The first-order chi connectivity index (χ1) is 12.4. The summed E-state index contributed by atoms with van der Waals surface area (Å²) in [4.78, 5) is 21.8. The summed E-state index contributed by atoms with van der Waals surface area (Å²) < 4.78 is 16.0. The van der Waals surface area contributed by atoms with E-state index in [9.17, 15) is 14.9 Å². The zero-order chi connectivity index (χ0) is 19.1. The first-order valence-corrected chi connectivity index (χ1v) is 7.80. The van der Waals surface area contributed by atoms with Crippen LogP contribution in [0.4, 0.5) is 5.69 Å². The third-order valence-electron chi connectivity index (χ3n) is 3.64. The van der Waals surface area contributed by atoms with Crippen LogP contribution in [0.25, 0.3) is 0 Å². The molecule has 0 aliphatic rings. The van der Waals surface area contributed by atoms with E-state index in [1.54, 1.807) is 30.3 Å². The summed E-state index contributed by atoms with van der Waals surface area (Å²) in [5.41, 5.74) is 1.19. The molecule has 2 aromatic rings. The van der Waals surface area contributed by atoms with Crippen LogP contribution in [0.2, 0.25) is 0 Å². The molecule has 138 valence electrons. The van der Waals surface area contributed by atoms with E-state index in [-0.39, 0.29) is 18.2 Å². The molecule has 0 spiro atoms. The number of nitro benzene ring substituents is 1. The van der Waals surface area contributed by atoms with Gasteiger partial charge >= 0.3 is 0 Å². The van der Waals surface area contributed by atoms with Crippen molar-refractivity contribution in [3.05, 3.63) is 57.6 Å². The first-order valence-electron chi connectivity index (χ1n) is 7.80. The fourth-order valence-corrected chi connectivity index (χ4v) is 2.29. The molecule has 26 heavy (non-hydrogen) atoms. The maximum Gasteiger partial charge on any atom is 0.279 e. The zero-order valence-corrected chi connectivity index (χ0v) is 14.8. The maximum absolute atomic E-state index is 11.2. The van der Waals surface area contributed by atoms with Gasteiger partial charge in [-0.1, -0.05) is 6.07 Å². The van der Waals surface area contributed by atoms with Crippen LogP contribution in [0.15, 0.2) is 36.4 Å². The van der Waals surface area contributed by atoms with Crippen LogP contribution in [0, 0.1) is 10.1 Å². The second-order valence-electron chi connectivity index (χ2n) is 5.44. The molecular formula is C18H20N2O6. The van der Waals surface area contributed by atoms with Gasteiger partial charge < -0.3 is 19.5 Å². The number of ether oxygens (including phenoxy) is 3. The van der Waals surface area contributed by atoms with Crippen LogP contribution in [-0.2, 0) is 17.9 Å². The van der Waals surface area contributed by atoms with Crippen molar-refractivity contribution in [1.82, 2.24) is 5.32 Å². The topological polar surface area (TPSA) is 99.9 Å². The van der Waals surface area contributed by atoms with E-state index in [4.69, 9.17) is 14.2 Å². The van der Waals surface area contributed by atoms with Gasteiger partial charge in [-0.3, -0.25) is 14.9 Å². The molecule has 2 aromatic carbocycles. The Morgan fingerprint density at radius 2 is 1.88 bits per heavy atom. The SMILES string of the molecule is COc1ccc(COc2ccc(CNC(C)=O)cc2OC)c([N+](=O)[O-])c1. The minimum absolute atomic E-state index is 0.00170. The van der Waals surface area contributed by atoms with Crippen molar-refractivity contribution in [2.45, 2.75) is 20.1 Å². The van der Waals surface area contributed by atoms with Gasteiger partial charge in [-0.05, 0) is 29.8 Å². The smallest absolute Gasteiger partial charge is 0.279 e. The number of hydrogen-bond acceptors (Lipinski definition) is 6. The summed E-state index contributed by atoms with van der Waals surface area (Å²) in [5, 5.41) is 13.9. The maximum atomic E-state index is 11.2. The van der Waals surface area contributed by atoms with E-state index in [0.717, 1.165) is 5.56 Å². The molecule has 0 saturated heterocycles. The van der Waals surface area contributed by atoms with Crippen molar-refractivity contribution in [3.8, 4) is 17.2 Å². The summed E-state index contributed by atoms with van der Waals surface area (Å²) >= 11 is 0. The van der Waals surface area contributed by atoms with Gasteiger partial charge in [0.15, 0.2) is 11.5 Å². The molecule has 0 aliphatic heterocycles. The molecule has 1 N–H and O–H groups in total. The Morgan fingerprint density at radius 1 is 1.12 bits per heavy atom. The highest BCUT2D eigenvalue weighted by Gasteiger charge is 2.16. The molecule has 0 fully saturated rings. The predicted molar refractivity (Wildman–Crippen MR) is 94.5 cm³/mol. The summed E-state index contributed by atoms with van der Waals surface area (Å²) in [6.07, 6.45) is 0. The Morgan fingerprint density at radius 3 is 2.50 bits per heavy atom. The first kappa shape index (κ1) is 19.0. The van der Waals surface area contributed by atoms with Crippen LogP contribution < -0.4 is 19.5 Å². The molecule has 0 atom stereocenters. The Hall–Kier alpha value is -3.29. The zero-order valence-electron chi connectivity index (χ0n) is 14.8. The molecule has 2 rings (SSSR count). The van der Waals surface area contributed by atoms with E-state index in [1.807, 2.05) is 0 Å². The molecule has 0 bridgehead atoms. The van der Waals surface area contributed by atoms with Gasteiger partial charge in [-0.15, -0.1) is 0 Å². The molecule has 0 aromatic heterocycles. The van der Waals surface area contributed by atoms with Gasteiger partial charge in [0.1, 0.15) is 12.4 Å². The van der Waals surface area contributed by atoms with Gasteiger partial charge in [-0.25, -0.2) is 0 Å². The average Bonchev–Trinajstić information content (AvgIpc) is 2.64. The number of benzene rings is 2. The minimum atomic E-state index is -0.477. The standard InChI is InChI=1S/C18H20N2O6/c1-12(21)19-10-13-4-7-17(18(8-13)25-3)26-11-14-5-6-15(24-2)9-16(14)20(22)23/h4-9H,10-11H2,1-3H3,(H,19,21). The average molecular weight is 360 g/mol. The van der Waals surface area contributed by atoms with Gasteiger partial charge in [0, 0.05) is 13.5 Å². The number of carbonyl (C=O) groups is 1. The third kappa shape index (κ3) is 4.85. The largest absolute Gasteiger partial charge is 0.497 e. The number of nitro groups is 1. The lowest BCUT2D eigenvalue weighted by molar-refractivity contribution is -0.385. The lowest BCUT2D eigenvalue weighted by atomic mass is 10.1. The van der Waals surface area contributed by atoms with Gasteiger partial charge in [0.05, 0.1) is 30.8 Å². The van der Waals surface area contributed by atoms with Crippen LogP contribution in [0.5, 0.6) is 17.2 Å². The highest BCUT2D eigenvalue weighted by molar-refractivity contribution is 5.72. The van der Waals surface area contributed by atoms with Crippen molar-refractivity contribution in [1.29, 1.82) is 0 Å². The number of methoxy groups -OCH3 is 2. The molecule has 0 saturated carbocycles. The van der Waals surface area contributed by atoms with Crippen LogP contribution in [-0.4, -0.2) is 25.1 Å². The molecule has 8 nitrogen and oxygen atoms in total. The number of amides is 1. The Kier molecular flexibility index (Phi) is 6.37. The van der Waals surface area contributed by atoms with Gasteiger partial charge in [-0.2, -0.15) is 0 Å². The normalized spacial score (nSPS) is 10.1. The van der Waals surface area contributed by atoms with Crippen molar-refractivity contribution >= 4 is 11.6 Å². The molecule has 1 amide bonds. The summed E-state index contributed by atoms with van der Waals surface area (Å²) in [6.45, 7) is 1.81. The molecule has 8 heteroatoms. The lowest BCUT2D eigenvalue weighted by Crippen LogP contribution is -2.18. The Bertz CT molecular complexity index is 806. The summed E-state index contributed by atoms with van der Waals surface area (Å²) in [6, 6.07) is 9.82. The van der Waals surface area contributed by atoms with E-state index < -0.39 is 4.92 Å². The molecule has 0 aliphatic carbocycles. The van der Waals surface area contributed by atoms with Crippen molar-refractivity contribution in [3.63, 3.8) is 0 Å². The molecule has 0 radical (unpaired) electrons. The molecular weight excluding hydrogens is 340 g/mol. The number of rotatable bonds is 8. The second kappa shape index (κ2) is 8.70. The Labute approximate surface area is 150 Å². The van der Waals surface area contributed by atoms with Crippen molar-refractivity contribution in [2.75, 3.05) is 14.2 Å². The van der Waals surface area contributed by atoms with Crippen LogP contribution in [0.3, 0.4) is 0 Å².